The van der Waals surface area contributed by atoms with E-state index in [1.54, 1.807) is 7.11 Å². The van der Waals surface area contributed by atoms with Crippen LogP contribution in [0.15, 0.2) is 12.1 Å². The molecular weight excluding hydrogens is 242 g/mol. The van der Waals surface area contributed by atoms with Gasteiger partial charge in [-0.2, -0.15) is 0 Å². The van der Waals surface area contributed by atoms with Crippen molar-refractivity contribution in [1.29, 1.82) is 0 Å². The number of amides is 1. The number of fused-ring (bicyclic) bond motifs is 1. The molecule has 0 radical (unpaired) electrons. The number of benzene rings is 1. The van der Waals surface area contributed by atoms with E-state index in [1.165, 1.54) is 0 Å². The van der Waals surface area contributed by atoms with Crippen LogP contribution < -0.4 is 16.4 Å². The zero-order valence-electron chi connectivity index (χ0n) is 11.0. The smallest absolute Gasteiger partial charge is 0.224 e. The lowest BCUT2D eigenvalue weighted by atomic mass is 9.89. The highest BCUT2D eigenvalue weighted by Gasteiger charge is 2.29. The predicted octanol–water partition coefficient (Wildman–Crippen LogP) is 1.74. The van der Waals surface area contributed by atoms with Gasteiger partial charge in [0.2, 0.25) is 5.91 Å². The Hall–Kier alpha value is -1.75. The predicted molar refractivity (Wildman–Crippen MR) is 75.2 cm³/mol. The Bertz CT molecular complexity index is 510. The zero-order chi connectivity index (χ0) is 13.4. The molecule has 1 aliphatic heterocycles. The molecule has 5 nitrogen and oxygen atoms in total. The molecular formula is C14H19N3O2. The number of rotatable bonds is 3. The molecule has 1 amide bonds. The maximum atomic E-state index is 11.3. The molecule has 0 aromatic heterocycles. The molecule has 1 aromatic rings. The quantitative estimate of drug-likeness (QED) is 0.724. The molecule has 0 atom stereocenters. The minimum Gasteiger partial charge on any atom is -0.397 e. The third-order valence-corrected chi connectivity index (χ3v) is 3.96. The van der Waals surface area contributed by atoms with Crippen LogP contribution in [-0.4, -0.2) is 25.2 Å². The Morgan fingerprint density at radius 2 is 2.16 bits per heavy atom. The van der Waals surface area contributed by atoms with Crippen molar-refractivity contribution in [2.75, 3.05) is 23.5 Å². The fourth-order valence-electron chi connectivity index (χ4n) is 2.67. The number of nitrogens with two attached hydrogens (primary N) is 1. The Morgan fingerprint density at radius 1 is 1.37 bits per heavy atom. The molecule has 1 aromatic carbocycles. The molecule has 0 spiro atoms. The molecule has 102 valence electrons. The summed E-state index contributed by atoms with van der Waals surface area (Å²) in [5.41, 5.74) is 9.69. The first-order chi connectivity index (χ1) is 9.15. The van der Waals surface area contributed by atoms with Gasteiger partial charge in [0, 0.05) is 25.3 Å². The second-order valence-electron chi connectivity index (χ2n) is 5.32. The summed E-state index contributed by atoms with van der Waals surface area (Å²) in [7, 11) is 1.75. The average Bonchev–Trinajstić information content (AvgIpc) is 2.33. The van der Waals surface area contributed by atoms with Gasteiger partial charge in [0.05, 0.1) is 17.5 Å². The summed E-state index contributed by atoms with van der Waals surface area (Å²) >= 11 is 0. The molecule has 3 rings (SSSR count). The second-order valence-corrected chi connectivity index (χ2v) is 5.32. The Kier molecular flexibility index (Phi) is 3.06. The van der Waals surface area contributed by atoms with Crippen LogP contribution in [0.1, 0.15) is 24.8 Å². The van der Waals surface area contributed by atoms with E-state index in [2.05, 4.69) is 16.7 Å². The number of carbonyl (C=O) groups excluding carboxylic acids is 1. The second kappa shape index (κ2) is 4.74. The van der Waals surface area contributed by atoms with Gasteiger partial charge < -0.3 is 21.1 Å². The molecule has 2 aliphatic rings. The summed E-state index contributed by atoms with van der Waals surface area (Å²) in [5, 5.41) is 6.31. The summed E-state index contributed by atoms with van der Waals surface area (Å²) in [6.07, 6.45) is 3.73. The largest absolute Gasteiger partial charge is 0.397 e. The van der Waals surface area contributed by atoms with Crippen molar-refractivity contribution in [1.82, 2.24) is 0 Å². The number of hydrogen-bond acceptors (Lipinski definition) is 4. The first-order valence-corrected chi connectivity index (χ1v) is 6.67. The monoisotopic (exact) mass is 261 g/mol. The number of nitrogens with one attached hydrogen (secondary N) is 2. The molecule has 19 heavy (non-hydrogen) atoms. The van der Waals surface area contributed by atoms with E-state index in [4.69, 9.17) is 10.5 Å². The van der Waals surface area contributed by atoms with Gasteiger partial charge in [-0.1, -0.05) is 0 Å². The van der Waals surface area contributed by atoms with Crippen LogP contribution in [0.25, 0.3) is 0 Å². The third-order valence-electron chi connectivity index (χ3n) is 3.96. The maximum absolute atomic E-state index is 11.3. The molecule has 4 N–H and O–H groups in total. The first kappa shape index (κ1) is 12.3. The van der Waals surface area contributed by atoms with Gasteiger partial charge in [0.25, 0.3) is 0 Å². The van der Waals surface area contributed by atoms with Crippen molar-refractivity contribution in [2.24, 2.45) is 0 Å². The minimum absolute atomic E-state index is 0.0644. The Balaban J connectivity index is 1.74. The average molecular weight is 261 g/mol. The molecule has 1 saturated carbocycles. The van der Waals surface area contributed by atoms with Gasteiger partial charge in [-0.3, -0.25) is 4.79 Å². The molecule has 0 unspecified atom stereocenters. The lowest BCUT2D eigenvalue weighted by Crippen LogP contribution is -2.40. The van der Waals surface area contributed by atoms with Crippen LogP contribution in [0.3, 0.4) is 0 Å². The van der Waals surface area contributed by atoms with Crippen molar-refractivity contribution in [3.63, 3.8) is 0 Å². The fourth-order valence-corrected chi connectivity index (χ4v) is 2.67. The molecule has 0 bridgehead atoms. The number of methoxy groups -OCH3 is 1. The van der Waals surface area contributed by atoms with Gasteiger partial charge in [0.1, 0.15) is 0 Å². The summed E-state index contributed by atoms with van der Waals surface area (Å²) < 4.78 is 5.27. The number of carbonyl (C=O) groups is 1. The van der Waals surface area contributed by atoms with E-state index >= 15 is 0 Å². The third kappa shape index (κ3) is 2.38. The lowest BCUT2D eigenvalue weighted by molar-refractivity contribution is -0.116. The molecule has 1 heterocycles. The number of aryl methyl sites for hydroxylation is 1. The van der Waals surface area contributed by atoms with Crippen molar-refractivity contribution >= 4 is 23.0 Å². The SMILES string of the molecule is COC1CC(Nc2cc3c(cc2N)NC(=O)CC3)C1. The van der Waals surface area contributed by atoms with Crippen LogP contribution >= 0.6 is 0 Å². The molecule has 1 aliphatic carbocycles. The van der Waals surface area contributed by atoms with Crippen molar-refractivity contribution in [3.8, 4) is 0 Å². The minimum atomic E-state index is 0.0644. The summed E-state index contributed by atoms with van der Waals surface area (Å²) in [5.74, 6) is 0.0644. The van der Waals surface area contributed by atoms with Crippen molar-refractivity contribution in [2.45, 2.75) is 37.8 Å². The van der Waals surface area contributed by atoms with Crippen LogP contribution in [0.2, 0.25) is 0 Å². The topological polar surface area (TPSA) is 76.4 Å². The number of hydrogen-bond donors (Lipinski definition) is 3. The lowest BCUT2D eigenvalue weighted by Gasteiger charge is -2.36. The van der Waals surface area contributed by atoms with Gasteiger partial charge in [-0.25, -0.2) is 0 Å². The van der Waals surface area contributed by atoms with E-state index in [0.717, 1.165) is 36.2 Å². The normalized spacial score (nSPS) is 25.2. The number of nitrogen functional groups attached to an aromatic ring is 1. The van der Waals surface area contributed by atoms with Gasteiger partial charge in [-0.05, 0) is 37.0 Å². The highest BCUT2D eigenvalue weighted by Crippen LogP contribution is 2.34. The van der Waals surface area contributed by atoms with Gasteiger partial charge >= 0.3 is 0 Å². The Morgan fingerprint density at radius 3 is 2.89 bits per heavy atom. The van der Waals surface area contributed by atoms with Crippen LogP contribution in [0.4, 0.5) is 17.1 Å². The molecule has 5 heteroatoms. The van der Waals surface area contributed by atoms with E-state index in [1.807, 2.05) is 6.07 Å². The van der Waals surface area contributed by atoms with Gasteiger partial charge in [0.15, 0.2) is 0 Å². The molecule has 0 saturated heterocycles. The van der Waals surface area contributed by atoms with Crippen molar-refractivity contribution in [3.05, 3.63) is 17.7 Å². The Labute approximate surface area is 112 Å². The van der Waals surface area contributed by atoms with E-state index in [0.29, 0.717) is 24.3 Å². The highest BCUT2D eigenvalue weighted by molar-refractivity contribution is 5.95. The van der Waals surface area contributed by atoms with Gasteiger partial charge in [-0.15, -0.1) is 0 Å². The van der Waals surface area contributed by atoms with Crippen LogP contribution in [0.5, 0.6) is 0 Å². The fraction of sp³-hybridized carbons (Fsp3) is 0.500. The number of ether oxygens (including phenoxy) is 1. The number of anilines is 3. The van der Waals surface area contributed by atoms with E-state index < -0.39 is 0 Å². The first-order valence-electron chi connectivity index (χ1n) is 6.67. The summed E-state index contributed by atoms with van der Waals surface area (Å²) in [6.45, 7) is 0. The summed E-state index contributed by atoms with van der Waals surface area (Å²) in [6, 6.07) is 4.34. The summed E-state index contributed by atoms with van der Waals surface area (Å²) in [4.78, 5) is 11.3. The maximum Gasteiger partial charge on any atom is 0.224 e. The molecule has 1 fully saturated rings. The van der Waals surface area contributed by atoms with Crippen molar-refractivity contribution < 1.29 is 9.53 Å². The zero-order valence-corrected chi connectivity index (χ0v) is 11.0. The highest BCUT2D eigenvalue weighted by atomic mass is 16.5. The van der Waals surface area contributed by atoms with Crippen LogP contribution in [-0.2, 0) is 16.0 Å². The van der Waals surface area contributed by atoms with E-state index in [9.17, 15) is 4.79 Å². The van der Waals surface area contributed by atoms with E-state index in [-0.39, 0.29) is 5.91 Å². The van der Waals surface area contributed by atoms with Crippen LogP contribution in [0, 0.1) is 0 Å². The standard InChI is InChI=1S/C14H19N3O2/c1-19-10-5-9(6-10)16-13-4-8-2-3-14(18)17-12(8)7-11(13)15/h4,7,9-10,16H,2-3,5-6,15H2,1H3,(H,17,18).